The second kappa shape index (κ2) is 16.8. The number of carbonyl (C=O) groups excluding carboxylic acids is 2. The van der Waals surface area contributed by atoms with Crippen LogP contribution in [0.3, 0.4) is 0 Å². The van der Waals surface area contributed by atoms with Gasteiger partial charge in [-0.3, -0.25) is 29.6 Å². The summed E-state index contributed by atoms with van der Waals surface area (Å²) in [5.74, 6) is -0.709. The number of fused-ring (bicyclic) bond motifs is 1. The molecule has 54 heavy (non-hydrogen) atoms. The predicted octanol–water partition coefficient (Wildman–Crippen LogP) is 4.76. The standard InChI is InChI=1S/C36H34N4O13S/c1-6-49-28-15-21(9-12-27(28)53-25-14-11-23(39(44)45)18-24(25)40(46)47)16-30-34(42)38-33(32(35(43)51-8-3)20(4)37-36(38)54-30)22-10-13-26(29(17-22)50-7-2)52-19-31(41)48-5/h9-18,33H,6-8,19H2,1-5H3/b30-16+/t33-/m0/s1. The second-order valence-corrected chi connectivity index (χ2v) is 12.2. The van der Waals surface area contributed by atoms with Crippen LogP contribution >= 0.6 is 11.3 Å². The first kappa shape index (κ1) is 38.7. The van der Waals surface area contributed by atoms with Gasteiger partial charge in [-0.25, -0.2) is 14.6 Å². The number of aromatic nitrogens is 1. The van der Waals surface area contributed by atoms with Crippen molar-refractivity contribution in [3.63, 3.8) is 0 Å². The monoisotopic (exact) mass is 762 g/mol. The van der Waals surface area contributed by atoms with E-state index < -0.39 is 44.8 Å². The first-order valence-corrected chi connectivity index (χ1v) is 17.3. The third-order valence-electron chi connectivity index (χ3n) is 7.81. The van der Waals surface area contributed by atoms with Gasteiger partial charge in [0, 0.05) is 6.07 Å². The number of rotatable bonds is 15. The molecule has 0 N–H and O–H groups in total. The smallest absolute Gasteiger partial charge is 0.343 e. The average Bonchev–Trinajstić information content (AvgIpc) is 3.44. The lowest BCUT2D eigenvalue weighted by molar-refractivity contribution is -0.394. The zero-order valence-corrected chi connectivity index (χ0v) is 30.5. The quantitative estimate of drug-likeness (QED) is 0.0910. The minimum atomic E-state index is -0.983. The van der Waals surface area contributed by atoms with Gasteiger partial charge >= 0.3 is 17.6 Å². The molecule has 0 aliphatic carbocycles. The molecule has 17 nitrogen and oxygen atoms in total. The molecule has 3 aromatic carbocycles. The van der Waals surface area contributed by atoms with E-state index in [0.717, 1.165) is 29.5 Å². The van der Waals surface area contributed by atoms with Crippen LogP contribution in [0.5, 0.6) is 28.7 Å². The highest BCUT2D eigenvalue weighted by Crippen LogP contribution is 2.39. The van der Waals surface area contributed by atoms with Crippen molar-refractivity contribution in [1.29, 1.82) is 0 Å². The molecule has 1 aliphatic rings. The van der Waals surface area contributed by atoms with Crippen molar-refractivity contribution in [1.82, 2.24) is 4.57 Å². The molecule has 2 heterocycles. The van der Waals surface area contributed by atoms with Gasteiger partial charge in [0.25, 0.3) is 11.2 Å². The fourth-order valence-electron chi connectivity index (χ4n) is 5.47. The van der Waals surface area contributed by atoms with Crippen LogP contribution in [0, 0.1) is 20.2 Å². The number of non-ortho nitro benzene ring substituents is 1. The Kier molecular flexibility index (Phi) is 12.1. The molecule has 1 aliphatic heterocycles. The molecule has 4 aromatic rings. The molecule has 0 saturated heterocycles. The van der Waals surface area contributed by atoms with Gasteiger partial charge in [0.1, 0.15) is 0 Å². The summed E-state index contributed by atoms with van der Waals surface area (Å²) in [5.41, 5.74) is -0.0913. The van der Waals surface area contributed by atoms with Gasteiger partial charge in [-0.15, -0.1) is 0 Å². The van der Waals surface area contributed by atoms with Crippen molar-refractivity contribution in [2.24, 2.45) is 4.99 Å². The normalized spacial score (nSPS) is 13.7. The van der Waals surface area contributed by atoms with E-state index in [9.17, 15) is 34.6 Å². The highest BCUT2D eigenvalue weighted by atomic mass is 32.1. The Balaban J connectivity index is 1.60. The van der Waals surface area contributed by atoms with Crippen molar-refractivity contribution >= 4 is 40.7 Å². The van der Waals surface area contributed by atoms with E-state index in [2.05, 4.69) is 9.73 Å². The van der Waals surface area contributed by atoms with E-state index in [1.807, 2.05) is 0 Å². The van der Waals surface area contributed by atoms with Crippen molar-refractivity contribution in [2.45, 2.75) is 33.7 Å². The predicted molar refractivity (Wildman–Crippen MR) is 193 cm³/mol. The molecule has 0 fully saturated rings. The van der Waals surface area contributed by atoms with E-state index in [1.54, 1.807) is 64.1 Å². The zero-order valence-electron chi connectivity index (χ0n) is 29.7. The number of hydrogen-bond acceptors (Lipinski definition) is 15. The van der Waals surface area contributed by atoms with E-state index in [4.69, 9.17) is 23.7 Å². The summed E-state index contributed by atoms with van der Waals surface area (Å²) < 4.78 is 34.7. The fraction of sp³-hybridized carbons (Fsp3) is 0.278. The number of benzene rings is 3. The minimum absolute atomic E-state index is 0.0800. The van der Waals surface area contributed by atoms with Gasteiger partial charge in [-0.05, 0) is 75.2 Å². The summed E-state index contributed by atoms with van der Waals surface area (Å²) in [4.78, 5) is 65.6. The SMILES string of the molecule is CCOC(=O)C1=C(C)N=c2s/c(=C/c3ccc(Oc4ccc([N+](=O)[O-])cc4[N+](=O)[O-])c(OCC)c3)c(=O)n2[C@H]1c1ccc(OCC(=O)OC)c(OCC)c1. The van der Waals surface area contributed by atoms with Crippen LogP contribution in [-0.4, -0.2) is 59.9 Å². The Morgan fingerprint density at radius 2 is 1.56 bits per heavy atom. The minimum Gasteiger partial charge on any atom is -0.490 e. The number of methoxy groups -OCH3 is 1. The molecule has 282 valence electrons. The highest BCUT2D eigenvalue weighted by Gasteiger charge is 2.34. The maximum atomic E-state index is 14.3. The van der Waals surface area contributed by atoms with Crippen molar-refractivity contribution < 1.29 is 47.9 Å². The van der Waals surface area contributed by atoms with E-state index >= 15 is 0 Å². The van der Waals surface area contributed by atoms with Crippen LogP contribution in [0.4, 0.5) is 11.4 Å². The lowest BCUT2D eigenvalue weighted by Gasteiger charge is -2.25. The van der Waals surface area contributed by atoms with Gasteiger partial charge in [0.05, 0.1) is 64.7 Å². The number of nitrogens with zero attached hydrogens (tertiary/aromatic N) is 4. The second-order valence-electron chi connectivity index (χ2n) is 11.2. The van der Waals surface area contributed by atoms with Crippen molar-refractivity contribution in [3.8, 4) is 28.7 Å². The lowest BCUT2D eigenvalue weighted by atomic mass is 9.95. The highest BCUT2D eigenvalue weighted by molar-refractivity contribution is 7.07. The third-order valence-corrected chi connectivity index (χ3v) is 8.79. The number of ether oxygens (including phenoxy) is 6. The van der Waals surface area contributed by atoms with Crippen LogP contribution in [0.1, 0.15) is 44.9 Å². The first-order chi connectivity index (χ1) is 25.9. The molecular weight excluding hydrogens is 728 g/mol. The molecule has 0 bridgehead atoms. The van der Waals surface area contributed by atoms with Crippen LogP contribution in [0.2, 0.25) is 0 Å². The Morgan fingerprint density at radius 1 is 0.870 bits per heavy atom. The molecule has 18 heteroatoms. The zero-order chi connectivity index (χ0) is 39.1. The van der Waals surface area contributed by atoms with Crippen LogP contribution in [0.25, 0.3) is 6.08 Å². The maximum absolute atomic E-state index is 14.3. The number of thiazole rings is 1. The molecule has 1 atom stereocenters. The van der Waals surface area contributed by atoms with Crippen LogP contribution in [0.15, 0.2) is 75.7 Å². The average molecular weight is 763 g/mol. The van der Waals surface area contributed by atoms with Gasteiger partial charge in [0.15, 0.2) is 34.4 Å². The Morgan fingerprint density at radius 3 is 2.20 bits per heavy atom. The molecule has 5 rings (SSSR count). The van der Waals surface area contributed by atoms with Gasteiger partial charge in [-0.1, -0.05) is 23.5 Å². The summed E-state index contributed by atoms with van der Waals surface area (Å²) >= 11 is 1.08. The molecule has 0 amide bonds. The van der Waals surface area contributed by atoms with E-state index in [-0.39, 0.29) is 65.3 Å². The lowest BCUT2D eigenvalue weighted by Crippen LogP contribution is -2.40. The van der Waals surface area contributed by atoms with Crippen LogP contribution in [-0.2, 0) is 19.1 Å². The molecule has 0 unspecified atom stereocenters. The van der Waals surface area contributed by atoms with Gasteiger partial charge < -0.3 is 28.4 Å². The third kappa shape index (κ3) is 8.23. The number of esters is 2. The number of hydrogen-bond donors (Lipinski definition) is 0. The Bertz CT molecular complexity index is 2350. The largest absolute Gasteiger partial charge is 0.490 e. The molecule has 0 radical (unpaired) electrons. The van der Waals surface area contributed by atoms with Crippen molar-refractivity contribution in [2.75, 3.05) is 33.5 Å². The van der Waals surface area contributed by atoms with Crippen LogP contribution < -0.4 is 33.8 Å². The number of nitro benzene ring substituents is 2. The molecule has 0 saturated carbocycles. The molecule has 1 aromatic heterocycles. The van der Waals surface area contributed by atoms with E-state index in [0.29, 0.717) is 21.6 Å². The summed E-state index contributed by atoms with van der Waals surface area (Å²) in [6.07, 6.45) is 1.60. The number of allylic oxidation sites excluding steroid dienone is 1. The summed E-state index contributed by atoms with van der Waals surface area (Å²) in [5, 5.41) is 22.9. The summed E-state index contributed by atoms with van der Waals surface area (Å²) in [6, 6.07) is 11.5. The topological polar surface area (TPSA) is 210 Å². The molecular formula is C36H34N4O13S. The summed E-state index contributed by atoms with van der Waals surface area (Å²) in [7, 11) is 1.24. The fourth-order valence-corrected chi connectivity index (χ4v) is 6.52. The maximum Gasteiger partial charge on any atom is 0.343 e. The van der Waals surface area contributed by atoms with Crippen molar-refractivity contribution in [3.05, 3.63) is 117 Å². The Labute approximate surface area is 310 Å². The molecule has 0 spiro atoms. The van der Waals surface area contributed by atoms with Gasteiger partial charge in [-0.2, -0.15) is 0 Å². The van der Waals surface area contributed by atoms with Gasteiger partial charge in [0.2, 0.25) is 5.75 Å². The number of nitro groups is 2. The summed E-state index contributed by atoms with van der Waals surface area (Å²) in [6.45, 7) is 6.96. The Hall–Kier alpha value is -6.56. The van der Waals surface area contributed by atoms with E-state index in [1.165, 1.54) is 17.7 Å². The first-order valence-electron chi connectivity index (χ1n) is 16.4. The number of carbonyl (C=O) groups is 2.